The van der Waals surface area contributed by atoms with Gasteiger partial charge in [0.1, 0.15) is 5.78 Å². The Labute approximate surface area is 162 Å². The Hall–Kier alpha value is -1.59. The summed E-state index contributed by atoms with van der Waals surface area (Å²) in [6, 6.07) is 3.41. The molecule has 5 heteroatoms. The summed E-state index contributed by atoms with van der Waals surface area (Å²) in [5.74, 6) is 1.25. The van der Waals surface area contributed by atoms with Crippen molar-refractivity contribution < 1.29 is 19.7 Å². The van der Waals surface area contributed by atoms with Crippen molar-refractivity contribution in [3.63, 3.8) is 0 Å². The first-order valence-corrected chi connectivity index (χ1v) is 10.2. The molecule has 2 aliphatic carbocycles. The summed E-state index contributed by atoms with van der Waals surface area (Å²) < 4.78 is 5.56. The van der Waals surface area contributed by atoms with Crippen molar-refractivity contribution in [3.8, 4) is 11.5 Å². The molecule has 0 saturated heterocycles. The third-order valence-electron chi connectivity index (χ3n) is 6.82. The topological polar surface area (TPSA) is 78.8 Å². The minimum absolute atomic E-state index is 0.0539. The fourth-order valence-corrected chi connectivity index (χ4v) is 4.81. The number of phenols is 1. The van der Waals surface area contributed by atoms with Crippen LogP contribution < -0.4 is 10.1 Å². The lowest BCUT2D eigenvalue weighted by Gasteiger charge is -2.54. The van der Waals surface area contributed by atoms with Crippen molar-refractivity contribution in [3.05, 3.63) is 23.3 Å². The third-order valence-corrected chi connectivity index (χ3v) is 6.82. The van der Waals surface area contributed by atoms with E-state index in [9.17, 15) is 15.0 Å². The Kier molecular flexibility index (Phi) is 5.55. The van der Waals surface area contributed by atoms with E-state index >= 15 is 0 Å². The minimum atomic E-state index is -1.14. The van der Waals surface area contributed by atoms with E-state index in [1.165, 1.54) is 20.0 Å². The highest BCUT2D eigenvalue weighted by Crippen LogP contribution is 2.54. The van der Waals surface area contributed by atoms with Crippen molar-refractivity contribution in [2.24, 2.45) is 5.92 Å². The molecule has 1 aromatic carbocycles. The standard InChI is InChI=1S/C22H33NO4/c1-5-16(24)12-22(6-2)19-15(9-10-17(25)20(19)27-4)11-18(21(22,3)26)23-13-14-7-8-14/h9-10,14,18,23,25-26H,5-8,11-13H2,1-4H3/t18-,21-,22-/m1/s1. The van der Waals surface area contributed by atoms with Crippen LogP contribution in [0.15, 0.2) is 12.1 Å². The highest BCUT2D eigenvalue weighted by Gasteiger charge is 2.57. The zero-order valence-electron chi connectivity index (χ0n) is 17.0. The highest BCUT2D eigenvalue weighted by molar-refractivity contribution is 5.81. The normalized spacial score (nSPS) is 30.0. The number of ether oxygens (including phenoxy) is 1. The molecule has 1 saturated carbocycles. The van der Waals surface area contributed by atoms with Crippen LogP contribution in [0.2, 0.25) is 0 Å². The minimum Gasteiger partial charge on any atom is -0.504 e. The van der Waals surface area contributed by atoms with Crippen LogP contribution in [-0.4, -0.2) is 41.3 Å². The highest BCUT2D eigenvalue weighted by atomic mass is 16.5. The van der Waals surface area contributed by atoms with Crippen LogP contribution >= 0.6 is 0 Å². The van der Waals surface area contributed by atoms with Gasteiger partial charge in [0.05, 0.1) is 12.7 Å². The van der Waals surface area contributed by atoms with E-state index in [0.29, 0.717) is 30.9 Å². The lowest BCUT2D eigenvalue weighted by molar-refractivity contribution is -0.126. The number of ketones is 1. The zero-order chi connectivity index (χ0) is 19.8. The molecule has 0 amide bonds. The monoisotopic (exact) mass is 375 g/mol. The Morgan fingerprint density at radius 1 is 1.33 bits per heavy atom. The van der Waals surface area contributed by atoms with Crippen LogP contribution in [-0.2, 0) is 16.6 Å². The number of aliphatic hydroxyl groups is 1. The first-order chi connectivity index (χ1) is 12.8. The van der Waals surface area contributed by atoms with E-state index in [2.05, 4.69) is 5.32 Å². The number of nitrogens with one attached hydrogen (secondary N) is 1. The van der Waals surface area contributed by atoms with Gasteiger partial charge in [-0.25, -0.2) is 0 Å². The average Bonchev–Trinajstić information content (AvgIpc) is 3.47. The SMILES string of the molecule is CCC(=O)C[C@]1(CC)c2c(ccc(O)c2OC)C[C@@H](NCC2CC2)[C@@]1(C)O. The summed E-state index contributed by atoms with van der Waals surface area (Å²) in [4.78, 5) is 12.6. The summed E-state index contributed by atoms with van der Waals surface area (Å²) in [5.41, 5.74) is -0.117. The van der Waals surface area contributed by atoms with Crippen molar-refractivity contribution in [1.82, 2.24) is 5.32 Å². The molecule has 150 valence electrons. The second kappa shape index (κ2) is 7.44. The van der Waals surface area contributed by atoms with E-state index in [-0.39, 0.29) is 24.0 Å². The molecule has 1 aromatic rings. The Balaban J connectivity index is 2.15. The third kappa shape index (κ3) is 3.36. The number of hydrogen-bond donors (Lipinski definition) is 3. The number of carbonyl (C=O) groups excluding carboxylic acids is 1. The van der Waals surface area contributed by atoms with Gasteiger partial charge in [-0.1, -0.05) is 19.9 Å². The molecule has 3 atom stereocenters. The van der Waals surface area contributed by atoms with Crippen molar-refractivity contribution in [1.29, 1.82) is 0 Å². The largest absolute Gasteiger partial charge is 0.504 e. The van der Waals surface area contributed by atoms with E-state index in [1.807, 2.05) is 26.8 Å². The molecule has 5 nitrogen and oxygen atoms in total. The predicted octanol–water partition coefficient (Wildman–Crippen LogP) is 3.09. The molecular weight excluding hydrogens is 342 g/mol. The molecule has 0 unspecified atom stereocenters. The van der Waals surface area contributed by atoms with Gasteiger partial charge in [0.2, 0.25) is 0 Å². The summed E-state index contributed by atoms with van der Waals surface area (Å²) in [7, 11) is 1.53. The molecule has 0 radical (unpaired) electrons. The molecule has 3 rings (SSSR count). The predicted molar refractivity (Wildman–Crippen MR) is 105 cm³/mol. The van der Waals surface area contributed by atoms with Crippen LogP contribution in [0, 0.1) is 5.92 Å². The van der Waals surface area contributed by atoms with E-state index in [4.69, 9.17) is 4.74 Å². The second-order valence-electron chi connectivity index (χ2n) is 8.41. The van der Waals surface area contributed by atoms with E-state index in [0.717, 1.165) is 17.7 Å². The number of Topliss-reactive ketones (excluding diaryl/α,β-unsaturated/α-hetero) is 1. The molecule has 0 aliphatic heterocycles. The van der Waals surface area contributed by atoms with E-state index < -0.39 is 11.0 Å². The molecule has 0 bridgehead atoms. The van der Waals surface area contributed by atoms with Gasteiger partial charge in [0.25, 0.3) is 0 Å². The van der Waals surface area contributed by atoms with Crippen LogP contribution in [0.4, 0.5) is 0 Å². The van der Waals surface area contributed by atoms with Gasteiger partial charge in [-0.3, -0.25) is 4.79 Å². The number of phenolic OH excluding ortho intramolecular Hbond substituents is 1. The van der Waals surface area contributed by atoms with Crippen molar-refractivity contribution >= 4 is 5.78 Å². The van der Waals surface area contributed by atoms with E-state index in [1.54, 1.807) is 6.07 Å². The smallest absolute Gasteiger partial charge is 0.164 e. The molecule has 3 N–H and O–H groups in total. The Bertz CT molecular complexity index is 711. The first-order valence-electron chi connectivity index (χ1n) is 10.2. The van der Waals surface area contributed by atoms with Gasteiger partial charge in [0, 0.05) is 29.9 Å². The van der Waals surface area contributed by atoms with Gasteiger partial charge in [-0.2, -0.15) is 0 Å². The number of aromatic hydroxyl groups is 1. The molecule has 1 fully saturated rings. The number of rotatable bonds is 8. The maximum Gasteiger partial charge on any atom is 0.164 e. The second-order valence-corrected chi connectivity index (χ2v) is 8.41. The Morgan fingerprint density at radius 2 is 2.04 bits per heavy atom. The molecule has 0 aromatic heterocycles. The van der Waals surface area contributed by atoms with Gasteiger partial charge in [-0.05, 0) is 56.7 Å². The number of methoxy groups -OCH3 is 1. The Morgan fingerprint density at radius 3 is 2.59 bits per heavy atom. The maximum absolute atomic E-state index is 12.6. The molecule has 0 heterocycles. The van der Waals surface area contributed by atoms with Crippen molar-refractivity contribution in [2.45, 2.75) is 76.4 Å². The lowest BCUT2D eigenvalue weighted by atomic mass is 9.55. The molecule has 2 aliphatic rings. The van der Waals surface area contributed by atoms with Gasteiger partial charge in [-0.15, -0.1) is 0 Å². The molecular formula is C22H33NO4. The van der Waals surface area contributed by atoms with Crippen LogP contribution in [0.1, 0.15) is 64.0 Å². The zero-order valence-corrected chi connectivity index (χ0v) is 17.0. The number of fused-ring (bicyclic) bond motifs is 1. The number of hydrogen-bond acceptors (Lipinski definition) is 5. The average molecular weight is 376 g/mol. The van der Waals surface area contributed by atoms with Gasteiger partial charge < -0.3 is 20.3 Å². The lowest BCUT2D eigenvalue weighted by Crippen LogP contribution is -2.65. The van der Waals surface area contributed by atoms with Crippen LogP contribution in [0.5, 0.6) is 11.5 Å². The summed E-state index contributed by atoms with van der Waals surface area (Å²) in [5, 5.41) is 25.8. The first kappa shape index (κ1) is 20.2. The van der Waals surface area contributed by atoms with Gasteiger partial charge in [0.15, 0.2) is 11.5 Å². The maximum atomic E-state index is 12.6. The van der Waals surface area contributed by atoms with Crippen LogP contribution in [0.3, 0.4) is 0 Å². The van der Waals surface area contributed by atoms with Crippen molar-refractivity contribution in [2.75, 3.05) is 13.7 Å². The quantitative estimate of drug-likeness (QED) is 0.651. The molecule has 0 spiro atoms. The summed E-state index contributed by atoms with van der Waals surface area (Å²) in [6.07, 6.45) is 4.38. The fourth-order valence-electron chi connectivity index (χ4n) is 4.81. The van der Waals surface area contributed by atoms with Crippen LogP contribution in [0.25, 0.3) is 0 Å². The number of carbonyl (C=O) groups is 1. The summed E-state index contributed by atoms with van der Waals surface area (Å²) >= 11 is 0. The summed E-state index contributed by atoms with van der Waals surface area (Å²) in [6.45, 7) is 6.60. The number of benzene rings is 1. The molecule has 27 heavy (non-hydrogen) atoms. The fraction of sp³-hybridized carbons (Fsp3) is 0.682. The van der Waals surface area contributed by atoms with Gasteiger partial charge >= 0.3 is 0 Å².